The highest BCUT2D eigenvalue weighted by molar-refractivity contribution is 5.83. The number of methoxy groups -OCH3 is 1. The largest absolute Gasteiger partial charge is 0.459 e. The highest BCUT2D eigenvalue weighted by atomic mass is 16.7. The number of rotatable bonds is 8. The van der Waals surface area contributed by atoms with E-state index in [9.17, 15) is 35.1 Å². The Labute approximate surface area is 315 Å². The van der Waals surface area contributed by atoms with Gasteiger partial charge >= 0.3 is 5.97 Å². The number of likely N-dealkylation sites (N-methyl/N-ethyl adjacent to an activating group) is 1. The molecule has 0 saturated carbocycles. The van der Waals surface area contributed by atoms with Crippen LogP contribution in [-0.2, 0) is 38.0 Å². The molecule has 0 unspecified atom stereocenters. The van der Waals surface area contributed by atoms with Gasteiger partial charge in [0.2, 0.25) is 0 Å². The van der Waals surface area contributed by atoms with Crippen molar-refractivity contribution in [1.82, 2.24) is 4.90 Å². The molecule has 3 aliphatic heterocycles. The lowest BCUT2D eigenvalue weighted by Crippen LogP contribution is -2.61. The lowest BCUT2D eigenvalue weighted by molar-refractivity contribution is -0.318. The van der Waals surface area contributed by atoms with Crippen LogP contribution in [0.15, 0.2) is 0 Å². The van der Waals surface area contributed by atoms with Crippen LogP contribution < -0.4 is 0 Å². The first-order valence-electron chi connectivity index (χ1n) is 19.0. The molecule has 0 amide bonds. The van der Waals surface area contributed by atoms with Crippen molar-refractivity contribution >= 4 is 11.8 Å². The van der Waals surface area contributed by atoms with Crippen molar-refractivity contribution in [2.45, 2.75) is 179 Å². The van der Waals surface area contributed by atoms with Crippen molar-refractivity contribution in [3.63, 3.8) is 0 Å². The molecule has 3 rings (SSSR count). The van der Waals surface area contributed by atoms with Crippen LogP contribution in [0.3, 0.4) is 0 Å². The number of nitrogens with zero attached hydrogens (tertiary/aromatic N) is 1. The molecule has 53 heavy (non-hydrogen) atoms. The molecule has 14 nitrogen and oxygen atoms in total. The Balaban J connectivity index is 2.19. The van der Waals surface area contributed by atoms with Crippen LogP contribution in [0, 0.1) is 36.0 Å². The number of carbonyl (C=O) groups is 2. The molecule has 306 valence electrons. The Morgan fingerprint density at radius 2 is 1.57 bits per heavy atom. The van der Waals surface area contributed by atoms with E-state index >= 15 is 0 Å². The average molecular weight is 758 g/mol. The standard InChI is InChI=1S/C39H67NO13/c1-14-16-40(12)26-17-21(4)49-36(30(26)42)53-34-23(6)31(52-28-19-38(10,48-13)33(44)25(8)50-28)24(7)35(45)51-27(15-2)39(11,47)32(43)22(5)29(41)20(3)18-37(34,9)46/h1,20-28,30-34,36,42-44,46-47H,15-19H2,2-13H3/t20-,21-,22+,23+,24-,25+,26+,27-,28+,30-,31+,32-,33+,34-,36+,37-,38-,39-/m1/s1. The van der Waals surface area contributed by atoms with Gasteiger partial charge in [-0.1, -0.05) is 33.6 Å². The molecule has 0 bridgehead atoms. The van der Waals surface area contributed by atoms with E-state index in [1.807, 2.05) is 11.8 Å². The predicted molar refractivity (Wildman–Crippen MR) is 194 cm³/mol. The van der Waals surface area contributed by atoms with Gasteiger partial charge in [0.05, 0.1) is 54.2 Å². The van der Waals surface area contributed by atoms with Gasteiger partial charge in [-0.15, -0.1) is 6.42 Å². The van der Waals surface area contributed by atoms with Crippen LogP contribution in [0.4, 0.5) is 0 Å². The fraction of sp³-hybridized carbons (Fsp3) is 0.897. The highest BCUT2D eigenvalue weighted by Crippen LogP contribution is 2.40. The first kappa shape index (κ1) is 45.6. The molecule has 0 aromatic heterocycles. The Kier molecular flexibility index (Phi) is 15.5. The molecule has 18 atom stereocenters. The zero-order valence-corrected chi connectivity index (χ0v) is 33.7. The molecule has 0 aromatic rings. The number of Topliss-reactive ketones (excluding diaryl/α,β-unsaturated/α-hetero) is 1. The van der Waals surface area contributed by atoms with Crippen LogP contribution in [0.5, 0.6) is 0 Å². The highest BCUT2D eigenvalue weighted by Gasteiger charge is 2.53. The molecule has 3 aliphatic rings. The number of ketones is 1. The lowest BCUT2D eigenvalue weighted by atomic mass is 9.74. The number of ether oxygens (including phenoxy) is 6. The molecular formula is C39H67NO13. The second-order valence-electron chi connectivity index (χ2n) is 16.6. The van der Waals surface area contributed by atoms with Gasteiger partial charge in [0.25, 0.3) is 0 Å². The third-order valence-corrected chi connectivity index (χ3v) is 12.1. The molecule has 5 N–H and O–H groups in total. The second-order valence-corrected chi connectivity index (χ2v) is 16.6. The smallest absolute Gasteiger partial charge is 0.311 e. The van der Waals surface area contributed by atoms with Crippen LogP contribution in [0.1, 0.15) is 94.9 Å². The van der Waals surface area contributed by atoms with Crippen molar-refractivity contribution in [2.75, 3.05) is 20.7 Å². The number of carbonyl (C=O) groups excluding carboxylic acids is 2. The summed E-state index contributed by atoms with van der Waals surface area (Å²) in [4.78, 5) is 29.8. The van der Waals surface area contributed by atoms with E-state index in [-0.39, 0.29) is 31.9 Å². The van der Waals surface area contributed by atoms with Gasteiger partial charge in [0, 0.05) is 37.3 Å². The minimum atomic E-state index is -2.01. The van der Waals surface area contributed by atoms with E-state index in [4.69, 9.17) is 34.8 Å². The van der Waals surface area contributed by atoms with Crippen LogP contribution in [-0.4, -0.2) is 147 Å². The number of hydrogen-bond donors (Lipinski definition) is 5. The Morgan fingerprint density at radius 1 is 0.943 bits per heavy atom. The molecule has 0 aliphatic carbocycles. The average Bonchev–Trinajstić information content (AvgIpc) is 3.09. The van der Waals surface area contributed by atoms with Gasteiger partial charge < -0.3 is 54.0 Å². The summed E-state index contributed by atoms with van der Waals surface area (Å²) in [6, 6.07) is -0.448. The number of esters is 1. The molecule has 3 heterocycles. The van der Waals surface area contributed by atoms with Crippen molar-refractivity contribution < 1.29 is 63.5 Å². The summed E-state index contributed by atoms with van der Waals surface area (Å²) in [6.07, 6.45) is -4.62. The SMILES string of the molecule is C#CCN(C)[C@H]1C[C@@H](C)O[C@@H](O[C@@H]2[C@@H](C)[C@H](O[C@H]3C[C@@](C)(OC)[C@@H](O)[C@H](C)O3)[C@@H](C)C(=O)O[C@H](CC)[C@@](C)(O)[C@H](O)[C@@H](C)C(=O)[C@H](C)C[C@@]2(C)O)[C@@H]1O. The molecule has 3 saturated heterocycles. The number of aliphatic hydroxyl groups is 5. The van der Waals surface area contributed by atoms with Gasteiger partial charge in [-0.2, -0.15) is 0 Å². The maximum Gasteiger partial charge on any atom is 0.311 e. The van der Waals surface area contributed by atoms with Crippen molar-refractivity contribution in [3.05, 3.63) is 0 Å². The van der Waals surface area contributed by atoms with Gasteiger partial charge in [-0.3, -0.25) is 14.5 Å². The van der Waals surface area contributed by atoms with Crippen molar-refractivity contribution in [3.8, 4) is 12.3 Å². The topological polar surface area (TPSA) is 194 Å². The third kappa shape index (κ3) is 9.99. The Morgan fingerprint density at radius 3 is 2.13 bits per heavy atom. The van der Waals surface area contributed by atoms with E-state index < -0.39 is 114 Å². The number of terminal acetylenes is 1. The van der Waals surface area contributed by atoms with Crippen LogP contribution in [0.25, 0.3) is 0 Å². The van der Waals surface area contributed by atoms with E-state index in [0.717, 1.165) is 0 Å². The summed E-state index contributed by atoms with van der Waals surface area (Å²) in [5.74, 6) is -2.51. The fourth-order valence-corrected chi connectivity index (χ4v) is 8.60. The van der Waals surface area contributed by atoms with Crippen molar-refractivity contribution in [1.29, 1.82) is 0 Å². The van der Waals surface area contributed by atoms with Crippen LogP contribution >= 0.6 is 0 Å². The number of hydrogen-bond acceptors (Lipinski definition) is 14. The van der Waals surface area contributed by atoms with Gasteiger partial charge in [-0.25, -0.2) is 0 Å². The zero-order valence-electron chi connectivity index (χ0n) is 33.7. The fourth-order valence-electron chi connectivity index (χ4n) is 8.60. The summed E-state index contributed by atoms with van der Waals surface area (Å²) in [5, 5.41) is 57.9. The molecule has 0 radical (unpaired) electrons. The molecule has 0 spiro atoms. The van der Waals surface area contributed by atoms with Crippen molar-refractivity contribution in [2.24, 2.45) is 23.7 Å². The molecular weight excluding hydrogens is 690 g/mol. The second kappa shape index (κ2) is 18.0. The lowest BCUT2D eigenvalue weighted by Gasteiger charge is -2.49. The monoisotopic (exact) mass is 757 g/mol. The summed E-state index contributed by atoms with van der Waals surface area (Å²) in [7, 11) is 3.27. The van der Waals surface area contributed by atoms with Crippen LogP contribution in [0.2, 0.25) is 0 Å². The van der Waals surface area contributed by atoms with E-state index in [0.29, 0.717) is 6.42 Å². The van der Waals surface area contributed by atoms with E-state index in [1.54, 1.807) is 48.6 Å². The maximum atomic E-state index is 14.1. The minimum absolute atomic E-state index is 0.0784. The zero-order chi connectivity index (χ0) is 40.4. The summed E-state index contributed by atoms with van der Waals surface area (Å²) < 4.78 is 37.1. The molecule has 14 heteroatoms. The van der Waals surface area contributed by atoms with Gasteiger partial charge in [0.1, 0.15) is 29.7 Å². The molecule has 0 aromatic carbocycles. The van der Waals surface area contributed by atoms with Gasteiger partial charge in [0.15, 0.2) is 12.6 Å². The molecule has 3 fully saturated rings. The third-order valence-electron chi connectivity index (χ3n) is 12.1. The van der Waals surface area contributed by atoms with E-state index in [1.165, 1.54) is 27.9 Å². The Hall–Kier alpha value is -1.74. The van der Waals surface area contributed by atoms with E-state index in [2.05, 4.69) is 5.92 Å². The summed E-state index contributed by atoms with van der Waals surface area (Å²) >= 11 is 0. The maximum absolute atomic E-state index is 14.1. The predicted octanol–water partition coefficient (Wildman–Crippen LogP) is 1.79. The Bertz CT molecular complexity index is 1270. The summed E-state index contributed by atoms with van der Waals surface area (Å²) in [5.41, 5.74) is -4.90. The number of aliphatic hydroxyl groups excluding tert-OH is 3. The quantitative estimate of drug-likeness (QED) is 0.178. The van der Waals surface area contributed by atoms with Gasteiger partial charge in [-0.05, 0) is 67.9 Å². The summed E-state index contributed by atoms with van der Waals surface area (Å²) in [6.45, 7) is 16.5. The number of cyclic esters (lactones) is 1. The minimum Gasteiger partial charge on any atom is -0.459 e. The normalized spacial score (nSPS) is 48.1. The first-order valence-corrected chi connectivity index (χ1v) is 19.0. The first-order chi connectivity index (χ1) is 24.5.